The summed E-state index contributed by atoms with van der Waals surface area (Å²) in [7, 11) is 0. The first-order chi connectivity index (χ1) is 15.3. The highest BCUT2D eigenvalue weighted by Crippen LogP contribution is 2.28. The molecule has 32 heavy (non-hydrogen) atoms. The van der Waals surface area contributed by atoms with E-state index in [1.54, 1.807) is 24.5 Å². The molecule has 0 saturated carbocycles. The first kappa shape index (κ1) is 21.6. The first-order valence-electron chi connectivity index (χ1n) is 9.92. The molecule has 0 spiro atoms. The van der Waals surface area contributed by atoms with Crippen LogP contribution in [0.15, 0.2) is 48.8 Å². The van der Waals surface area contributed by atoms with Crippen molar-refractivity contribution in [3.8, 4) is 17.1 Å². The SMILES string of the molecule is Nc1cc(COc2nc(-c3ccc(N4CCN(C(F)(F)F)CC4)cc3)cnc2N)ccn1. The van der Waals surface area contributed by atoms with Crippen molar-refractivity contribution in [2.75, 3.05) is 42.5 Å². The van der Waals surface area contributed by atoms with Crippen LogP contribution in [0.5, 0.6) is 5.88 Å². The van der Waals surface area contributed by atoms with Crippen molar-refractivity contribution in [3.05, 3.63) is 54.4 Å². The van der Waals surface area contributed by atoms with Gasteiger partial charge in [-0.1, -0.05) is 12.1 Å². The van der Waals surface area contributed by atoms with Gasteiger partial charge in [0.1, 0.15) is 12.4 Å². The average Bonchev–Trinajstić information content (AvgIpc) is 2.78. The van der Waals surface area contributed by atoms with Crippen LogP contribution in [0, 0.1) is 0 Å². The van der Waals surface area contributed by atoms with Gasteiger partial charge in [0.25, 0.3) is 5.88 Å². The molecule has 4 N–H and O–H groups in total. The summed E-state index contributed by atoms with van der Waals surface area (Å²) in [5.74, 6) is 0.749. The number of anilines is 3. The van der Waals surface area contributed by atoms with Crippen molar-refractivity contribution in [2.24, 2.45) is 0 Å². The molecule has 0 radical (unpaired) electrons. The highest BCUT2D eigenvalue weighted by molar-refractivity contribution is 5.64. The second kappa shape index (κ2) is 8.87. The normalized spacial score (nSPS) is 15.0. The van der Waals surface area contributed by atoms with Crippen molar-refractivity contribution >= 4 is 17.3 Å². The second-order valence-corrected chi connectivity index (χ2v) is 7.31. The minimum absolute atomic E-state index is 0.0570. The summed E-state index contributed by atoms with van der Waals surface area (Å²) in [4.78, 5) is 15.0. The van der Waals surface area contributed by atoms with Gasteiger partial charge in [-0.3, -0.25) is 0 Å². The molecule has 168 valence electrons. The molecule has 4 rings (SSSR count). The number of hydrogen-bond acceptors (Lipinski definition) is 8. The van der Waals surface area contributed by atoms with Crippen molar-refractivity contribution < 1.29 is 17.9 Å². The molecule has 3 heterocycles. The van der Waals surface area contributed by atoms with Gasteiger partial charge in [0, 0.05) is 43.6 Å². The summed E-state index contributed by atoms with van der Waals surface area (Å²) in [6.45, 7) is 0.699. The van der Waals surface area contributed by atoms with Crippen molar-refractivity contribution in [1.82, 2.24) is 19.9 Å². The van der Waals surface area contributed by atoms with Crippen LogP contribution in [-0.4, -0.2) is 52.3 Å². The van der Waals surface area contributed by atoms with E-state index in [1.807, 2.05) is 29.2 Å². The number of hydrogen-bond donors (Lipinski definition) is 2. The monoisotopic (exact) mass is 445 g/mol. The Hall–Kier alpha value is -3.60. The lowest BCUT2D eigenvalue weighted by Gasteiger charge is -2.36. The molecule has 0 bridgehead atoms. The summed E-state index contributed by atoms with van der Waals surface area (Å²) in [6.07, 6.45) is -1.15. The van der Waals surface area contributed by atoms with Crippen molar-refractivity contribution in [1.29, 1.82) is 0 Å². The van der Waals surface area contributed by atoms with Crippen LogP contribution in [0.2, 0.25) is 0 Å². The zero-order chi connectivity index (χ0) is 22.7. The van der Waals surface area contributed by atoms with Gasteiger partial charge in [-0.2, -0.15) is 13.2 Å². The van der Waals surface area contributed by atoms with Crippen LogP contribution in [0.1, 0.15) is 5.56 Å². The Morgan fingerprint density at radius 3 is 2.34 bits per heavy atom. The van der Waals surface area contributed by atoms with E-state index in [-0.39, 0.29) is 31.4 Å². The van der Waals surface area contributed by atoms with Gasteiger partial charge in [-0.25, -0.2) is 19.9 Å². The number of nitrogens with zero attached hydrogens (tertiary/aromatic N) is 5. The Balaban J connectivity index is 1.43. The fourth-order valence-electron chi connectivity index (χ4n) is 3.42. The highest BCUT2D eigenvalue weighted by Gasteiger charge is 2.38. The zero-order valence-electron chi connectivity index (χ0n) is 17.1. The van der Waals surface area contributed by atoms with Gasteiger partial charge in [-0.05, 0) is 29.8 Å². The number of aromatic nitrogens is 3. The zero-order valence-corrected chi connectivity index (χ0v) is 17.1. The van der Waals surface area contributed by atoms with E-state index >= 15 is 0 Å². The van der Waals surface area contributed by atoms with Gasteiger partial charge in [0.05, 0.1) is 11.9 Å². The molecule has 1 aromatic carbocycles. The van der Waals surface area contributed by atoms with Crippen LogP contribution in [0.3, 0.4) is 0 Å². The predicted octanol–water partition coefficient (Wildman–Crippen LogP) is 2.92. The Morgan fingerprint density at radius 2 is 1.69 bits per heavy atom. The second-order valence-electron chi connectivity index (χ2n) is 7.31. The van der Waals surface area contributed by atoms with Crippen LogP contribution in [0.4, 0.5) is 30.5 Å². The van der Waals surface area contributed by atoms with Crippen LogP contribution in [-0.2, 0) is 6.61 Å². The van der Waals surface area contributed by atoms with Crippen molar-refractivity contribution in [3.63, 3.8) is 0 Å². The van der Waals surface area contributed by atoms with Crippen molar-refractivity contribution in [2.45, 2.75) is 12.9 Å². The number of benzene rings is 1. The number of rotatable bonds is 5. The fourth-order valence-corrected chi connectivity index (χ4v) is 3.42. The highest BCUT2D eigenvalue weighted by atomic mass is 19.4. The van der Waals surface area contributed by atoms with Gasteiger partial charge < -0.3 is 21.1 Å². The molecule has 1 aliphatic rings. The number of nitrogens with two attached hydrogens (primary N) is 2. The van der Waals surface area contributed by atoms with Crippen LogP contribution >= 0.6 is 0 Å². The third kappa shape index (κ3) is 4.99. The standard InChI is InChI=1S/C21H22F3N7O/c22-21(23,24)31-9-7-30(8-10-31)16-3-1-15(2-4-16)17-12-28-19(26)20(29-17)32-13-14-5-6-27-18(25)11-14/h1-6,11-12H,7-10,13H2,(H2,25,27)(H2,26,28). The topological polar surface area (TPSA) is 106 Å². The fraction of sp³-hybridized carbons (Fsp3) is 0.286. The maximum Gasteiger partial charge on any atom is 0.460 e. The molecule has 11 heteroatoms. The van der Waals surface area contributed by atoms with E-state index in [0.717, 1.165) is 16.8 Å². The molecule has 2 aromatic heterocycles. The Kier molecular flexibility index (Phi) is 5.99. The molecule has 0 aliphatic carbocycles. The number of halogens is 3. The number of nitrogen functional groups attached to an aromatic ring is 2. The number of piperazine rings is 1. The third-order valence-electron chi connectivity index (χ3n) is 5.15. The predicted molar refractivity (Wildman–Crippen MR) is 115 cm³/mol. The van der Waals surface area contributed by atoms with E-state index in [2.05, 4.69) is 15.0 Å². The number of ether oxygens (including phenoxy) is 1. The van der Waals surface area contributed by atoms with Gasteiger partial charge in [-0.15, -0.1) is 0 Å². The molecule has 0 atom stereocenters. The van der Waals surface area contributed by atoms with Gasteiger partial charge in [0.2, 0.25) is 0 Å². The first-order valence-corrected chi connectivity index (χ1v) is 9.92. The summed E-state index contributed by atoms with van der Waals surface area (Å²) in [5, 5.41) is 0. The molecule has 3 aromatic rings. The quantitative estimate of drug-likeness (QED) is 0.578. The lowest BCUT2D eigenvalue weighted by Crippen LogP contribution is -2.51. The Bertz CT molecular complexity index is 1070. The molecule has 1 aliphatic heterocycles. The smallest absolute Gasteiger partial charge is 0.460 e. The maximum absolute atomic E-state index is 12.8. The van der Waals surface area contributed by atoms with Gasteiger partial charge >= 0.3 is 6.30 Å². The summed E-state index contributed by atoms with van der Waals surface area (Å²) >= 11 is 0. The molecule has 0 amide bonds. The Labute approximate surface area is 182 Å². The molecule has 0 unspecified atom stereocenters. The lowest BCUT2D eigenvalue weighted by atomic mass is 10.1. The van der Waals surface area contributed by atoms with E-state index in [4.69, 9.17) is 16.2 Å². The molecular weight excluding hydrogens is 423 g/mol. The van der Waals surface area contributed by atoms with E-state index in [0.29, 0.717) is 29.5 Å². The van der Waals surface area contributed by atoms with Crippen LogP contribution < -0.4 is 21.1 Å². The van der Waals surface area contributed by atoms with E-state index < -0.39 is 6.30 Å². The van der Waals surface area contributed by atoms with E-state index in [9.17, 15) is 13.2 Å². The molecule has 1 saturated heterocycles. The number of pyridine rings is 1. The summed E-state index contributed by atoms with van der Waals surface area (Å²) in [5.41, 5.74) is 14.6. The minimum atomic E-state index is -4.28. The molecule has 8 nitrogen and oxygen atoms in total. The molecular formula is C21H22F3N7O. The largest absolute Gasteiger partial charge is 0.470 e. The van der Waals surface area contributed by atoms with E-state index in [1.165, 1.54) is 0 Å². The molecule has 1 fully saturated rings. The maximum atomic E-state index is 12.8. The number of alkyl halides is 3. The average molecular weight is 445 g/mol. The summed E-state index contributed by atoms with van der Waals surface area (Å²) in [6, 6.07) is 10.9. The third-order valence-corrected chi connectivity index (χ3v) is 5.15. The minimum Gasteiger partial charge on any atom is -0.470 e. The summed E-state index contributed by atoms with van der Waals surface area (Å²) < 4.78 is 44.1. The lowest BCUT2D eigenvalue weighted by molar-refractivity contribution is -0.246. The van der Waals surface area contributed by atoms with Gasteiger partial charge in [0.15, 0.2) is 5.82 Å². The van der Waals surface area contributed by atoms with Crippen LogP contribution in [0.25, 0.3) is 11.3 Å². The Morgan fingerprint density at radius 1 is 0.969 bits per heavy atom.